The maximum absolute atomic E-state index is 8.56. The molecule has 0 aromatic rings. The second-order valence-electron chi connectivity index (χ2n) is 6.79. The molecule has 0 aromatic heterocycles. The van der Waals surface area contributed by atoms with Gasteiger partial charge in [-0.15, -0.1) is 0 Å². The van der Waals surface area contributed by atoms with Crippen molar-refractivity contribution in [3.05, 3.63) is 0 Å². The van der Waals surface area contributed by atoms with E-state index in [4.69, 9.17) is 15.0 Å². The Kier molecular flexibility index (Phi) is 8.01. The second-order valence-corrected chi connectivity index (χ2v) is 6.79. The van der Waals surface area contributed by atoms with E-state index in [9.17, 15) is 0 Å². The molecule has 2 aliphatic rings. The molecular weight excluding hydrogens is 252 g/mol. The summed E-state index contributed by atoms with van der Waals surface area (Å²) < 4.78 is 0. The van der Waals surface area contributed by atoms with Crippen LogP contribution >= 0.6 is 0 Å². The van der Waals surface area contributed by atoms with Crippen molar-refractivity contribution < 1.29 is 15.0 Å². The molecule has 2 aliphatic carbocycles. The van der Waals surface area contributed by atoms with Crippen molar-refractivity contribution >= 4 is 6.16 Å². The lowest BCUT2D eigenvalue weighted by Crippen LogP contribution is -2.30. The van der Waals surface area contributed by atoms with Gasteiger partial charge in [-0.25, -0.2) is 4.79 Å². The molecule has 3 atom stereocenters. The van der Waals surface area contributed by atoms with E-state index in [1.54, 1.807) is 25.7 Å². The molecule has 0 amide bonds. The van der Waals surface area contributed by atoms with Crippen LogP contribution in [0.2, 0.25) is 0 Å². The van der Waals surface area contributed by atoms with Crippen LogP contribution in [0.15, 0.2) is 0 Å². The van der Waals surface area contributed by atoms with E-state index in [0.717, 1.165) is 23.7 Å². The SMILES string of the molecule is CCCC1CC[C@@H](C2CCCCC2)[C@H](C)C1.O=C(O)O. The number of carboxylic acid groups (broad SMARTS) is 2. The van der Waals surface area contributed by atoms with Crippen LogP contribution in [0.3, 0.4) is 0 Å². The quantitative estimate of drug-likeness (QED) is 0.705. The molecule has 2 N–H and O–H groups in total. The van der Waals surface area contributed by atoms with E-state index in [1.807, 2.05) is 0 Å². The highest BCUT2D eigenvalue weighted by atomic mass is 16.6. The smallest absolute Gasteiger partial charge is 0.450 e. The third-order valence-electron chi connectivity index (χ3n) is 5.30. The fourth-order valence-corrected chi connectivity index (χ4v) is 4.46. The van der Waals surface area contributed by atoms with E-state index >= 15 is 0 Å². The van der Waals surface area contributed by atoms with Gasteiger partial charge in [-0.05, 0) is 36.5 Å². The minimum Gasteiger partial charge on any atom is -0.450 e. The summed E-state index contributed by atoms with van der Waals surface area (Å²) in [6, 6.07) is 0. The largest absolute Gasteiger partial charge is 0.503 e. The maximum Gasteiger partial charge on any atom is 0.503 e. The summed E-state index contributed by atoms with van der Waals surface area (Å²) in [5.41, 5.74) is 0. The van der Waals surface area contributed by atoms with Crippen molar-refractivity contribution in [3.8, 4) is 0 Å². The van der Waals surface area contributed by atoms with Crippen molar-refractivity contribution in [2.45, 2.75) is 78.1 Å². The predicted octanol–water partition coefficient (Wildman–Crippen LogP) is 5.64. The van der Waals surface area contributed by atoms with Crippen molar-refractivity contribution in [1.29, 1.82) is 0 Å². The van der Waals surface area contributed by atoms with Gasteiger partial charge in [0, 0.05) is 0 Å². The van der Waals surface area contributed by atoms with Crippen LogP contribution < -0.4 is 0 Å². The van der Waals surface area contributed by atoms with Gasteiger partial charge in [-0.1, -0.05) is 65.2 Å². The summed E-state index contributed by atoms with van der Waals surface area (Å²) in [6.07, 6.45) is 13.3. The second kappa shape index (κ2) is 9.25. The zero-order chi connectivity index (χ0) is 15.0. The lowest BCUT2D eigenvalue weighted by atomic mass is 9.65. The van der Waals surface area contributed by atoms with Gasteiger partial charge in [0.1, 0.15) is 0 Å². The molecule has 2 rings (SSSR count). The molecule has 3 nitrogen and oxygen atoms in total. The highest BCUT2D eigenvalue weighted by Crippen LogP contribution is 2.43. The molecule has 118 valence electrons. The highest BCUT2D eigenvalue weighted by Gasteiger charge is 2.32. The molecule has 0 heterocycles. The van der Waals surface area contributed by atoms with Crippen LogP contribution in [0.25, 0.3) is 0 Å². The highest BCUT2D eigenvalue weighted by molar-refractivity contribution is 5.53. The lowest BCUT2D eigenvalue weighted by Gasteiger charge is -2.40. The number of rotatable bonds is 3. The molecule has 0 saturated heterocycles. The summed E-state index contributed by atoms with van der Waals surface area (Å²) in [7, 11) is 0. The third kappa shape index (κ3) is 6.15. The molecule has 0 radical (unpaired) electrons. The van der Waals surface area contributed by atoms with E-state index in [0.29, 0.717) is 0 Å². The third-order valence-corrected chi connectivity index (χ3v) is 5.30. The number of hydrogen-bond acceptors (Lipinski definition) is 1. The van der Waals surface area contributed by atoms with Crippen molar-refractivity contribution in [1.82, 2.24) is 0 Å². The fourth-order valence-electron chi connectivity index (χ4n) is 4.46. The van der Waals surface area contributed by atoms with E-state index in [2.05, 4.69) is 13.8 Å². The van der Waals surface area contributed by atoms with Gasteiger partial charge in [0.05, 0.1) is 0 Å². The Morgan fingerprint density at radius 2 is 1.65 bits per heavy atom. The standard InChI is InChI=1S/C16H30.CH2O3/c1-3-7-14-10-11-16(13(2)12-14)15-8-5-4-6-9-15;2-1(3)4/h13-16H,3-12H2,1-2H3;(H2,2,3,4)/t13-,14?,16-;/m1./s1. The molecule has 0 aromatic carbocycles. The van der Waals surface area contributed by atoms with Crippen LogP contribution in [0.4, 0.5) is 4.79 Å². The average molecular weight is 284 g/mol. The van der Waals surface area contributed by atoms with Gasteiger partial charge < -0.3 is 10.2 Å². The molecule has 1 unspecified atom stereocenters. The molecule has 0 spiro atoms. The summed E-state index contributed by atoms with van der Waals surface area (Å²) in [5.74, 6) is 4.29. The van der Waals surface area contributed by atoms with Gasteiger partial charge in [0.15, 0.2) is 0 Å². The Morgan fingerprint density at radius 1 is 1.05 bits per heavy atom. The van der Waals surface area contributed by atoms with Crippen LogP contribution in [0.1, 0.15) is 78.1 Å². The summed E-state index contributed by atoms with van der Waals surface area (Å²) in [4.78, 5) is 8.56. The molecule has 0 aliphatic heterocycles. The average Bonchev–Trinajstić information content (AvgIpc) is 2.39. The zero-order valence-electron chi connectivity index (χ0n) is 13.2. The van der Waals surface area contributed by atoms with Crippen molar-refractivity contribution in [2.75, 3.05) is 0 Å². The molecule has 2 fully saturated rings. The fraction of sp³-hybridized carbons (Fsp3) is 0.941. The Labute approximate surface area is 123 Å². The van der Waals surface area contributed by atoms with E-state index in [-0.39, 0.29) is 0 Å². The molecular formula is C17H32O3. The van der Waals surface area contributed by atoms with Gasteiger partial charge in [0.25, 0.3) is 0 Å². The van der Waals surface area contributed by atoms with Gasteiger partial charge in [0.2, 0.25) is 0 Å². The van der Waals surface area contributed by atoms with Crippen molar-refractivity contribution in [3.63, 3.8) is 0 Å². The topological polar surface area (TPSA) is 57.5 Å². The predicted molar refractivity (Wildman–Crippen MR) is 82.1 cm³/mol. The van der Waals surface area contributed by atoms with Gasteiger partial charge >= 0.3 is 6.16 Å². The monoisotopic (exact) mass is 284 g/mol. The molecule has 0 bridgehead atoms. The molecule has 20 heavy (non-hydrogen) atoms. The van der Waals surface area contributed by atoms with Crippen LogP contribution in [-0.2, 0) is 0 Å². The first-order valence-corrected chi connectivity index (χ1v) is 8.46. The van der Waals surface area contributed by atoms with Crippen LogP contribution in [0.5, 0.6) is 0 Å². The first kappa shape index (κ1) is 17.3. The zero-order valence-corrected chi connectivity index (χ0v) is 13.2. The summed E-state index contributed by atoms with van der Waals surface area (Å²) in [6.45, 7) is 4.89. The van der Waals surface area contributed by atoms with Gasteiger partial charge in [-0.2, -0.15) is 0 Å². The Morgan fingerprint density at radius 3 is 2.15 bits per heavy atom. The van der Waals surface area contributed by atoms with E-state index in [1.165, 1.54) is 38.5 Å². The Balaban J connectivity index is 0.000000444. The maximum atomic E-state index is 8.56. The summed E-state index contributed by atoms with van der Waals surface area (Å²) in [5, 5.41) is 13.9. The number of hydrogen-bond donors (Lipinski definition) is 2. The number of carbonyl (C=O) groups is 1. The van der Waals surface area contributed by atoms with Crippen molar-refractivity contribution in [2.24, 2.45) is 23.7 Å². The minimum atomic E-state index is -1.83. The Hall–Kier alpha value is -0.730. The molecule has 2 saturated carbocycles. The minimum absolute atomic E-state index is 1.02. The lowest BCUT2D eigenvalue weighted by molar-refractivity contribution is 0.106. The van der Waals surface area contributed by atoms with Crippen LogP contribution in [0, 0.1) is 23.7 Å². The first-order valence-electron chi connectivity index (χ1n) is 8.46. The summed E-state index contributed by atoms with van der Waals surface area (Å²) >= 11 is 0. The Bertz CT molecular complexity index is 267. The van der Waals surface area contributed by atoms with Crippen LogP contribution in [-0.4, -0.2) is 16.4 Å². The molecule has 3 heteroatoms. The van der Waals surface area contributed by atoms with E-state index < -0.39 is 6.16 Å². The first-order chi connectivity index (χ1) is 9.54. The normalized spacial score (nSPS) is 31.2. The van der Waals surface area contributed by atoms with Gasteiger partial charge in [-0.3, -0.25) is 0 Å².